The molecule has 380 valence electrons. The molecule has 0 aromatic carbocycles. The standard InChI is InChI=1S/C61H106O5/c1-4-7-10-13-16-19-22-25-28-30-31-33-34-36-39-42-45-48-51-54-60(62)65-58-59(57-64-56-53-50-47-44-41-38-27-24-21-18-15-12-9-6-3)66-61(63)55-52-49-46-43-40-37-35-32-29-26-23-20-17-14-11-8-5-2/h7,10,16,19,21,24-26,28-29,31,33,36,39,59H,4-6,8-9,11-15,17-18,20,22-23,27,30,32,34-35,37-38,40-58H2,1-3H3/b10-7-,19-16-,24-21-,28-25-,29-26-,33-31-,39-36-. The summed E-state index contributed by atoms with van der Waals surface area (Å²) in [6, 6.07) is 0. The Kier molecular flexibility index (Phi) is 53.9. The number of carbonyl (C=O) groups is 2. The lowest BCUT2D eigenvalue weighted by Crippen LogP contribution is -2.30. The summed E-state index contributed by atoms with van der Waals surface area (Å²) in [7, 11) is 0. The van der Waals surface area contributed by atoms with Gasteiger partial charge in [-0.25, -0.2) is 0 Å². The minimum atomic E-state index is -0.559. The van der Waals surface area contributed by atoms with Crippen LogP contribution < -0.4 is 0 Å². The van der Waals surface area contributed by atoms with E-state index in [1.807, 2.05) is 0 Å². The fourth-order valence-corrected chi connectivity index (χ4v) is 7.70. The molecule has 66 heavy (non-hydrogen) atoms. The Morgan fingerprint density at radius 1 is 0.348 bits per heavy atom. The predicted octanol–water partition coefficient (Wildman–Crippen LogP) is 19.2. The summed E-state index contributed by atoms with van der Waals surface area (Å²) in [6.07, 6.45) is 74.5. The Morgan fingerprint density at radius 3 is 1.14 bits per heavy atom. The molecular weight excluding hydrogens is 813 g/mol. The van der Waals surface area contributed by atoms with Gasteiger partial charge < -0.3 is 14.2 Å². The van der Waals surface area contributed by atoms with E-state index >= 15 is 0 Å². The number of esters is 2. The number of allylic oxidation sites excluding steroid dienone is 14. The van der Waals surface area contributed by atoms with Gasteiger partial charge in [0, 0.05) is 19.4 Å². The van der Waals surface area contributed by atoms with Gasteiger partial charge in [0.25, 0.3) is 0 Å². The van der Waals surface area contributed by atoms with Crippen LogP contribution >= 0.6 is 0 Å². The molecule has 0 saturated carbocycles. The van der Waals surface area contributed by atoms with Gasteiger partial charge in [-0.3, -0.25) is 9.59 Å². The van der Waals surface area contributed by atoms with E-state index in [0.29, 0.717) is 19.4 Å². The zero-order valence-electron chi connectivity index (χ0n) is 43.7. The van der Waals surface area contributed by atoms with Crippen molar-refractivity contribution in [1.82, 2.24) is 0 Å². The van der Waals surface area contributed by atoms with Crippen molar-refractivity contribution >= 4 is 11.9 Å². The summed E-state index contributed by atoms with van der Waals surface area (Å²) in [5.74, 6) is -0.439. The molecule has 0 saturated heterocycles. The maximum Gasteiger partial charge on any atom is 0.306 e. The number of hydrogen-bond acceptors (Lipinski definition) is 5. The summed E-state index contributed by atoms with van der Waals surface area (Å²) in [4.78, 5) is 25.5. The number of unbranched alkanes of at least 4 members (excludes halogenated alkanes) is 26. The zero-order valence-corrected chi connectivity index (χ0v) is 43.7. The van der Waals surface area contributed by atoms with Crippen LogP contribution in [0.2, 0.25) is 0 Å². The van der Waals surface area contributed by atoms with E-state index in [2.05, 4.69) is 106 Å². The zero-order chi connectivity index (χ0) is 47.7. The molecule has 0 radical (unpaired) electrons. The Labute approximate surface area is 409 Å². The van der Waals surface area contributed by atoms with Gasteiger partial charge in [0.2, 0.25) is 0 Å². The first-order valence-corrected chi connectivity index (χ1v) is 28.1. The Balaban J connectivity index is 4.34. The fourth-order valence-electron chi connectivity index (χ4n) is 7.70. The van der Waals surface area contributed by atoms with Gasteiger partial charge in [-0.2, -0.15) is 0 Å². The number of hydrogen-bond donors (Lipinski definition) is 0. The summed E-state index contributed by atoms with van der Waals surface area (Å²) >= 11 is 0. The predicted molar refractivity (Wildman–Crippen MR) is 288 cm³/mol. The Bertz CT molecular complexity index is 1220. The minimum Gasteiger partial charge on any atom is -0.462 e. The molecule has 0 amide bonds. The molecule has 0 aliphatic carbocycles. The molecule has 0 aromatic heterocycles. The van der Waals surface area contributed by atoms with Crippen molar-refractivity contribution in [3.8, 4) is 0 Å². The first-order chi connectivity index (χ1) is 32.6. The number of rotatable bonds is 51. The van der Waals surface area contributed by atoms with Crippen LogP contribution in [0, 0.1) is 0 Å². The normalized spacial score (nSPS) is 12.8. The lowest BCUT2D eigenvalue weighted by atomic mass is 10.1. The van der Waals surface area contributed by atoms with Crippen molar-refractivity contribution in [2.24, 2.45) is 0 Å². The molecule has 5 heteroatoms. The average molecular weight is 920 g/mol. The van der Waals surface area contributed by atoms with Gasteiger partial charge >= 0.3 is 11.9 Å². The molecule has 0 aliphatic heterocycles. The summed E-state index contributed by atoms with van der Waals surface area (Å²) in [5, 5.41) is 0. The monoisotopic (exact) mass is 919 g/mol. The van der Waals surface area contributed by atoms with Crippen LogP contribution in [0.5, 0.6) is 0 Å². The van der Waals surface area contributed by atoms with Crippen LogP contribution in [0.3, 0.4) is 0 Å². The molecule has 0 aromatic rings. The highest BCUT2D eigenvalue weighted by Gasteiger charge is 2.17. The molecule has 0 heterocycles. The van der Waals surface area contributed by atoms with Crippen LogP contribution in [0.15, 0.2) is 85.1 Å². The van der Waals surface area contributed by atoms with Crippen molar-refractivity contribution < 1.29 is 23.8 Å². The molecule has 0 N–H and O–H groups in total. The third kappa shape index (κ3) is 53.7. The van der Waals surface area contributed by atoms with E-state index in [4.69, 9.17) is 14.2 Å². The smallest absolute Gasteiger partial charge is 0.306 e. The second-order valence-electron chi connectivity index (χ2n) is 18.4. The van der Waals surface area contributed by atoms with Crippen molar-refractivity contribution in [2.45, 2.75) is 271 Å². The molecule has 0 fully saturated rings. The highest BCUT2D eigenvalue weighted by atomic mass is 16.6. The first kappa shape index (κ1) is 63.1. The van der Waals surface area contributed by atoms with Gasteiger partial charge in [0.15, 0.2) is 6.10 Å². The molecular formula is C61H106O5. The SMILES string of the molecule is CC/C=C\C/C=C\C/C=C\C/C=C\C/C=C\CCCCCC(=O)OCC(COCCCCCCCC/C=C\CCCCCC)OC(=O)CCCCCCCCC/C=C\CCCCCCCC. The van der Waals surface area contributed by atoms with Crippen LogP contribution in [0.25, 0.3) is 0 Å². The Hall–Kier alpha value is -2.92. The van der Waals surface area contributed by atoms with E-state index in [9.17, 15) is 9.59 Å². The second-order valence-corrected chi connectivity index (χ2v) is 18.4. The molecule has 1 atom stereocenters. The van der Waals surface area contributed by atoms with E-state index in [1.54, 1.807) is 0 Å². The number of ether oxygens (including phenoxy) is 3. The van der Waals surface area contributed by atoms with Crippen LogP contribution in [-0.4, -0.2) is 37.9 Å². The molecule has 0 rings (SSSR count). The highest BCUT2D eigenvalue weighted by molar-refractivity contribution is 5.70. The highest BCUT2D eigenvalue weighted by Crippen LogP contribution is 2.14. The molecule has 0 spiro atoms. The lowest BCUT2D eigenvalue weighted by molar-refractivity contribution is -0.163. The third-order valence-electron chi connectivity index (χ3n) is 11.9. The largest absolute Gasteiger partial charge is 0.462 e. The maximum absolute atomic E-state index is 12.8. The van der Waals surface area contributed by atoms with Crippen LogP contribution in [0.4, 0.5) is 0 Å². The molecule has 5 nitrogen and oxygen atoms in total. The van der Waals surface area contributed by atoms with Gasteiger partial charge in [0.1, 0.15) is 6.61 Å². The molecule has 0 aliphatic rings. The van der Waals surface area contributed by atoms with Gasteiger partial charge in [0.05, 0.1) is 6.61 Å². The van der Waals surface area contributed by atoms with Crippen LogP contribution in [0.1, 0.15) is 265 Å². The maximum atomic E-state index is 12.8. The van der Waals surface area contributed by atoms with Crippen molar-refractivity contribution in [3.63, 3.8) is 0 Å². The lowest BCUT2D eigenvalue weighted by Gasteiger charge is -2.18. The minimum absolute atomic E-state index is 0.0615. The summed E-state index contributed by atoms with van der Waals surface area (Å²) in [5.41, 5.74) is 0. The van der Waals surface area contributed by atoms with E-state index in [1.165, 1.54) is 141 Å². The third-order valence-corrected chi connectivity index (χ3v) is 11.9. The molecule has 1 unspecified atom stereocenters. The van der Waals surface area contributed by atoms with E-state index in [-0.39, 0.29) is 25.2 Å². The van der Waals surface area contributed by atoms with Gasteiger partial charge in [-0.05, 0) is 116 Å². The topological polar surface area (TPSA) is 61.8 Å². The van der Waals surface area contributed by atoms with Crippen molar-refractivity contribution in [3.05, 3.63) is 85.1 Å². The van der Waals surface area contributed by atoms with Crippen molar-refractivity contribution in [1.29, 1.82) is 0 Å². The van der Waals surface area contributed by atoms with Gasteiger partial charge in [-0.15, -0.1) is 0 Å². The van der Waals surface area contributed by atoms with Crippen molar-refractivity contribution in [2.75, 3.05) is 19.8 Å². The van der Waals surface area contributed by atoms with E-state index in [0.717, 1.165) is 89.9 Å². The average Bonchev–Trinajstić information content (AvgIpc) is 3.32. The molecule has 0 bridgehead atoms. The van der Waals surface area contributed by atoms with E-state index < -0.39 is 6.10 Å². The second kappa shape index (κ2) is 56.4. The Morgan fingerprint density at radius 2 is 0.682 bits per heavy atom. The summed E-state index contributed by atoms with van der Waals surface area (Å²) in [6.45, 7) is 7.66. The fraction of sp³-hybridized carbons (Fsp3) is 0.738. The first-order valence-electron chi connectivity index (χ1n) is 28.1. The van der Waals surface area contributed by atoms with Crippen LogP contribution in [-0.2, 0) is 23.8 Å². The number of carbonyl (C=O) groups excluding carboxylic acids is 2. The van der Waals surface area contributed by atoms with Gasteiger partial charge in [-0.1, -0.05) is 221 Å². The quantitative estimate of drug-likeness (QED) is 0.0346. The summed E-state index contributed by atoms with van der Waals surface area (Å²) < 4.78 is 17.4.